The fraction of sp³-hybridized carbons (Fsp3) is 0.133. The Morgan fingerprint density at radius 3 is 2.76 bits per heavy atom. The first-order valence-corrected chi connectivity index (χ1v) is 6.53. The number of carboxylic acids is 1. The number of rotatable bonds is 4. The Hall–Kier alpha value is -2.89. The van der Waals surface area contributed by atoms with E-state index in [9.17, 15) is 9.90 Å². The molecule has 3 aromatic heterocycles. The fourth-order valence-corrected chi connectivity index (χ4v) is 2.24. The van der Waals surface area contributed by atoms with Crippen LogP contribution in [0, 0.1) is 0 Å². The molecule has 1 atom stereocenters. The topological polar surface area (TPSA) is 79.5 Å². The van der Waals surface area contributed by atoms with Gasteiger partial charge in [0, 0.05) is 18.6 Å². The van der Waals surface area contributed by atoms with Crippen molar-refractivity contribution in [2.24, 2.45) is 0 Å². The summed E-state index contributed by atoms with van der Waals surface area (Å²) >= 11 is 0. The lowest BCUT2D eigenvalue weighted by Crippen LogP contribution is -2.11. The van der Waals surface area contributed by atoms with Crippen LogP contribution in [0.25, 0.3) is 5.65 Å². The van der Waals surface area contributed by atoms with Crippen LogP contribution in [0.15, 0.2) is 48.9 Å². The van der Waals surface area contributed by atoms with E-state index >= 15 is 0 Å². The van der Waals surface area contributed by atoms with Gasteiger partial charge in [0.2, 0.25) is 0 Å². The number of hydrogen-bond acceptors (Lipinski definition) is 4. The molecule has 0 amide bonds. The zero-order valence-corrected chi connectivity index (χ0v) is 11.4. The number of nitrogens with one attached hydrogen (secondary N) is 1. The maximum atomic E-state index is 11.5. The van der Waals surface area contributed by atoms with Crippen LogP contribution in [-0.2, 0) is 0 Å². The molecule has 0 fully saturated rings. The number of aromatic carboxylic acids is 1. The van der Waals surface area contributed by atoms with Gasteiger partial charge < -0.3 is 10.4 Å². The molecule has 0 aliphatic carbocycles. The predicted octanol–water partition coefficient (Wildman–Crippen LogP) is 2.60. The van der Waals surface area contributed by atoms with Crippen LogP contribution in [-0.4, -0.2) is 25.4 Å². The van der Waals surface area contributed by atoms with Crippen LogP contribution < -0.4 is 5.32 Å². The summed E-state index contributed by atoms with van der Waals surface area (Å²) < 4.78 is 1.56. The second-order valence-electron chi connectivity index (χ2n) is 4.69. The molecule has 0 radical (unpaired) electrons. The van der Waals surface area contributed by atoms with Crippen molar-refractivity contribution in [1.29, 1.82) is 0 Å². The van der Waals surface area contributed by atoms with Gasteiger partial charge in [0.25, 0.3) is 0 Å². The van der Waals surface area contributed by atoms with Gasteiger partial charge in [-0.15, -0.1) is 0 Å². The van der Waals surface area contributed by atoms with E-state index in [1.807, 2.05) is 25.1 Å². The van der Waals surface area contributed by atoms with Crippen LogP contribution in [0.3, 0.4) is 0 Å². The molecular weight excluding hydrogens is 268 g/mol. The van der Waals surface area contributed by atoms with Crippen molar-refractivity contribution in [3.8, 4) is 0 Å². The maximum absolute atomic E-state index is 11.5. The highest BCUT2D eigenvalue weighted by Gasteiger charge is 2.19. The molecule has 0 bridgehead atoms. The van der Waals surface area contributed by atoms with Gasteiger partial charge in [-0.3, -0.25) is 9.38 Å². The number of carbonyl (C=O) groups is 1. The van der Waals surface area contributed by atoms with Gasteiger partial charge in [-0.1, -0.05) is 6.07 Å². The Balaban J connectivity index is 2.00. The van der Waals surface area contributed by atoms with Crippen LogP contribution in [0.2, 0.25) is 0 Å². The van der Waals surface area contributed by atoms with Crippen LogP contribution >= 0.6 is 0 Å². The van der Waals surface area contributed by atoms with E-state index in [2.05, 4.69) is 15.3 Å². The number of fused-ring (bicyclic) bond motifs is 1. The van der Waals surface area contributed by atoms with E-state index in [-0.39, 0.29) is 11.7 Å². The number of anilines is 1. The maximum Gasteiger partial charge on any atom is 0.356 e. The summed E-state index contributed by atoms with van der Waals surface area (Å²) in [6.45, 7) is 1.95. The standard InChI is InChI=1S/C15H14N4O2/c1-10(11-5-7-16-8-6-11)17-14-13(15(20)21)19-9-3-2-4-12(19)18-14/h2-10,17H,1H3,(H,20,21). The molecule has 3 rings (SSSR count). The van der Waals surface area contributed by atoms with Crippen molar-refractivity contribution < 1.29 is 9.90 Å². The van der Waals surface area contributed by atoms with Gasteiger partial charge in [-0.25, -0.2) is 9.78 Å². The molecule has 0 saturated carbocycles. The van der Waals surface area contributed by atoms with Crippen molar-refractivity contribution in [2.75, 3.05) is 5.32 Å². The quantitative estimate of drug-likeness (QED) is 0.769. The molecule has 21 heavy (non-hydrogen) atoms. The molecule has 1 unspecified atom stereocenters. The van der Waals surface area contributed by atoms with E-state index in [0.717, 1.165) is 5.56 Å². The highest BCUT2D eigenvalue weighted by atomic mass is 16.4. The van der Waals surface area contributed by atoms with Crippen molar-refractivity contribution in [1.82, 2.24) is 14.4 Å². The Kier molecular flexibility index (Phi) is 3.27. The molecule has 3 heterocycles. The van der Waals surface area contributed by atoms with E-state index < -0.39 is 5.97 Å². The highest BCUT2D eigenvalue weighted by molar-refractivity contribution is 5.93. The normalized spacial score (nSPS) is 12.2. The minimum absolute atomic E-state index is 0.0731. The third-order valence-corrected chi connectivity index (χ3v) is 3.29. The Labute approximate surface area is 121 Å². The number of pyridine rings is 2. The second kappa shape index (κ2) is 5.24. The monoisotopic (exact) mass is 282 g/mol. The Bertz CT molecular complexity index is 783. The van der Waals surface area contributed by atoms with Crippen LogP contribution in [0.5, 0.6) is 0 Å². The molecule has 0 aliphatic rings. The summed E-state index contributed by atoms with van der Waals surface area (Å²) in [5.74, 6) is -0.656. The summed E-state index contributed by atoms with van der Waals surface area (Å²) in [4.78, 5) is 19.8. The van der Waals surface area contributed by atoms with Crippen molar-refractivity contribution >= 4 is 17.4 Å². The van der Waals surface area contributed by atoms with E-state index in [0.29, 0.717) is 11.5 Å². The number of nitrogens with zero attached hydrogens (tertiary/aromatic N) is 3. The molecule has 0 aromatic carbocycles. The Morgan fingerprint density at radius 1 is 1.29 bits per heavy atom. The molecule has 0 spiro atoms. The predicted molar refractivity (Wildman–Crippen MR) is 78.4 cm³/mol. The molecule has 106 valence electrons. The zero-order valence-electron chi connectivity index (χ0n) is 11.4. The van der Waals surface area contributed by atoms with Gasteiger partial charge in [-0.2, -0.15) is 0 Å². The smallest absolute Gasteiger partial charge is 0.356 e. The van der Waals surface area contributed by atoms with Gasteiger partial charge in [0.15, 0.2) is 11.5 Å². The van der Waals surface area contributed by atoms with E-state index in [4.69, 9.17) is 0 Å². The highest BCUT2D eigenvalue weighted by Crippen LogP contribution is 2.23. The van der Waals surface area contributed by atoms with Gasteiger partial charge in [0.05, 0.1) is 6.04 Å². The zero-order chi connectivity index (χ0) is 14.8. The van der Waals surface area contributed by atoms with Crippen molar-refractivity contribution in [3.63, 3.8) is 0 Å². The first-order valence-electron chi connectivity index (χ1n) is 6.53. The number of imidazole rings is 1. The minimum Gasteiger partial charge on any atom is -0.476 e. The number of carboxylic acid groups (broad SMARTS) is 1. The summed E-state index contributed by atoms with van der Waals surface area (Å²) in [7, 11) is 0. The molecule has 6 heteroatoms. The lowest BCUT2D eigenvalue weighted by molar-refractivity contribution is 0.0690. The minimum atomic E-state index is -1.02. The summed E-state index contributed by atoms with van der Waals surface area (Å²) in [5.41, 5.74) is 1.74. The SMILES string of the molecule is CC(Nc1nc2ccccn2c1C(=O)O)c1ccncc1. The van der Waals surface area contributed by atoms with Crippen molar-refractivity contribution in [2.45, 2.75) is 13.0 Å². The number of aromatic nitrogens is 3. The van der Waals surface area contributed by atoms with E-state index in [1.54, 1.807) is 35.1 Å². The lowest BCUT2D eigenvalue weighted by atomic mass is 10.1. The molecule has 2 N–H and O–H groups in total. The fourth-order valence-electron chi connectivity index (χ4n) is 2.24. The molecule has 0 saturated heterocycles. The van der Waals surface area contributed by atoms with Crippen LogP contribution in [0.4, 0.5) is 5.82 Å². The largest absolute Gasteiger partial charge is 0.476 e. The van der Waals surface area contributed by atoms with Crippen LogP contribution in [0.1, 0.15) is 29.0 Å². The van der Waals surface area contributed by atoms with E-state index in [1.165, 1.54) is 0 Å². The van der Waals surface area contributed by atoms with Crippen molar-refractivity contribution in [3.05, 3.63) is 60.2 Å². The molecular formula is C15H14N4O2. The third kappa shape index (κ3) is 2.43. The molecule has 3 aromatic rings. The first kappa shape index (κ1) is 13.1. The van der Waals surface area contributed by atoms with Gasteiger partial charge >= 0.3 is 5.97 Å². The average Bonchev–Trinajstić information content (AvgIpc) is 2.86. The average molecular weight is 282 g/mol. The lowest BCUT2D eigenvalue weighted by Gasteiger charge is -2.13. The first-order chi connectivity index (χ1) is 10.2. The second-order valence-corrected chi connectivity index (χ2v) is 4.69. The Morgan fingerprint density at radius 2 is 2.05 bits per heavy atom. The molecule has 6 nitrogen and oxygen atoms in total. The van der Waals surface area contributed by atoms with Gasteiger partial charge in [-0.05, 0) is 36.8 Å². The summed E-state index contributed by atoms with van der Waals surface area (Å²) in [6, 6.07) is 9.06. The number of hydrogen-bond donors (Lipinski definition) is 2. The third-order valence-electron chi connectivity index (χ3n) is 3.29. The van der Waals surface area contributed by atoms with Gasteiger partial charge in [0.1, 0.15) is 5.65 Å². The molecule has 0 aliphatic heterocycles. The summed E-state index contributed by atoms with van der Waals surface area (Å²) in [5, 5.41) is 12.6. The summed E-state index contributed by atoms with van der Waals surface area (Å²) in [6.07, 6.45) is 5.10.